The minimum atomic E-state index is -1.63. The van der Waals surface area contributed by atoms with Gasteiger partial charge in [-0.2, -0.15) is 0 Å². The lowest BCUT2D eigenvalue weighted by Crippen LogP contribution is -2.48. The third kappa shape index (κ3) is 3.46. The van der Waals surface area contributed by atoms with Crippen LogP contribution in [0.5, 0.6) is 11.5 Å². The van der Waals surface area contributed by atoms with Crippen LogP contribution < -0.4 is 14.4 Å². The van der Waals surface area contributed by atoms with Crippen LogP contribution >= 0.6 is 22.9 Å². The van der Waals surface area contributed by atoms with Crippen LogP contribution in [0.15, 0.2) is 84.3 Å². The van der Waals surface area contributed by atoms with Crippen molar-refractivity contribution in [3.05, 3.63) is 116 Å². The van der Waals surface area contributed by atoms with Crippen molar-refractivity contribution in [2.24, 2.45) is 5.41 Å². The van der Waals surface area contributed by atoms with E-state index in [-0.39, 0.29) is 17.3 Å². The molecule has 8 heteroatoms. The van der Waals surface area contributed by atoms with Gasteiger partial charge in [0.25, 0.3) is 0 Å². The molecule has 3 atom stereocenters. The Morgan fingerprint density at radius 2 is 1.68 bits per heavy atom. The van der Waals surface area contributed by atoms with Crippen molar-refractivity contribution in [1.82, 2.24) is 0 Å². The van der Waals surface area contributed by atoms with Gasteiger partial charge in [-0.1, -0.05) is 54.1 Å². The summed E-state index contributed by atoms with van der Waals surface area (Å²) in [5, 5.41) is 2.40. The topological polar surface area (TPSA) is 72.9 Å². The first-order valence-electron chi connectivity index (χ1n) is 13.2. The lowest BCUT2D eigenvalue weighted by atomic mass is 9.64. The van der Waals surface area contributed by atoms with Gasteiger partial charge < -0.3 is 14.4 Å². The third-order valence-electron chi connectivity index (χ3n) is 8.57. The Kier molecular flexibility index (Phi) is 5.92. The molecule has 0 N–H and O–H groups in total. The highest BCUT2D eigenvalue weighted by Gasteiger charge is 2.72. The molecule has 0 amide bonds. The van der Waals surface area contributed by atoms with E-state index in [1.54, 1.807) is 68.8 Å². The predicted octanol–water partition coefficient (Wildman–Crippen LogP) is 6.74. The Labute approximate surface area is 245 Å². The van der Waals surface area contributed by atoms with E-state index >= 15 is 0 Å². The molecule has 7 rings (SSSR count). The quantitative estimate of drug-likeness (QED) is 0.192. The molecule has 3 heterocycles. The second kappa shape index (κ2) is 9.43. The Morgan fingerprint density at radius 1 is 0.927 bits per heavy atom. The molecule has 3 aliphatic rings. The van der Waals surface area contributed by atoms with Gasteiger partial charge in [-0.3, -0.25) is 14.4 Å². The fraction of sp³-hybridized carbons (Fsp3) is 0.182. The van der Waals surface area contributed by atoms with Gasteiger partial charge in [-0.15, -0.1) is 11.3 Å². The molecule has 0 radical (unpaired) electrons. The van der Waals surface area contributed by atoms with Crippen LogP contribution in [0, 0.1) is 5.41 Å². The zero-order valence-electron chi connectivity index (χ0n) is 22.2. The lowest BCUT2D eigenvalue weighted by molar-refractivity contribution is 0.0664. The molecule has 1 aliphatic carbocycles. The second-order valence-corrected chi connectivity index (χ2v) is 11.7. The lowest BCUT2D eigenvalue weighted by Gasteiger charge is -2.37. The van der Waals surface area contributed by atoms with Gasteiger partial charge in [0.2, 0.25) is 0 Å². The van der Waals surface area contributed by atoms with Crippen molar-refractivity contribution in [3.8, 4) is 11.5 Å². The summed E-state index contributed by atoms with van der Waals surface area (Å²) in [5.74, 6) is -0.675. The molecule has 1 fully saturated rings. The minimum absolute atomic E-state index is 0.176. The van der Waals surface area contributed by atoms with E-state index in [9.17, 15) is 14.4 Å². The number of rotatable bonds is 5. The summed E-state index contributed by atoms with van der Waals surface area (Å²) in [6, 6.07) is 19.6. The zero-order chi connectivity index (χ0) is 28.5. The average Bonchev–Trinajstić information content (AvgIpc) is 3.70. The average molecular weight is 582 g/mol. The first-order valence-corrected chi connectivity index (χ1v) is 14.4. The number of fused-ring (bicyclic) bond motifs is 5. The molecule has 0 unspecified atom stereocenters. The van der Waals surface area contributed by atoms with E-state index in [4.69, 9.17) is 21.1 Å². The number of Topliss-reactive ketones (excluding diaryl/α,β-unsaturated/α-hetero) is 3. The number of nitrogens with zero attached hydrogens (tertiary/aromatic N) is 1. The number of hydrogen-bond acceptors (Lipinski definition) is 7. The molecule has 2 aliphatic heterocycles. The van der Waals surface area contributed by atoms with Gasteiger partial charge in [-0.05, 0) is 53.4 Å². The molecular formula is C33H24ClNO5S. The summed E-state index contributed by atoms with van der Waals surface area (Å²) in [5.41, 5.74) is 1.20. The normalized spacial score (nSPS) is 21.5. The summed E-state index contributed by atoms with van der Waals surface area (Å²) >= 11 is 7.70. The number of ketones is 3. The molecular weight excluding hydrogens is 558 g/mol. The number of hydrogen-bond donors (Lipinski definition) is 0. The maximum absolute atomic E-state index is 14.8. The van der Waals surface area contributed by atoms with E-state index in [1.165, 1.54) is 11.3 Å². The highest BCUT2D eigenvalue weighted by molar-refractivity contribution is 7.12. The smallest absolute Gasteiger partial charge is 0.195 e. The van der Waals surface area contributed by atoms with Gasteiger partial charge in [0, 0.05) is 33.3 Å². The van der Waals surface area contributed by atoms with Gasteiger partial charge in [-0.25, -0.2) is 0 Å². The van der Waals surface area contributed by atoms with Crippen molar-refractivity contribution in [2.75, 3.05) is 19.1 Å². The van der Waals surface area contributed by atoms with E-state index in [1.807, 2.05) is 40.6 Å². The molecule has 204 valence electrons. The summed E-state index contributed by atoms with van der Waals surface area (Å²) in [7, 11) is 3.10. The van der Waals surface area contributed by atoms with Gasteiger partial charge in [0.15, 0.2) is 17.3 Å². The van der Waals surface area contributed by atoms with Crippen molar-refractivity contribution in [3.63, 3.8) is 0 Å². The van der Waals surface area contributed by atoms with E-state index in [0.29, 0.717) is 38.1 Å². The monoisotopic (exact) mass is 581 g/mol. The fourth-order valence-electron chi connectivity index (χ4n) is 6.94. The molecule has 1 saturated heterocycles. The summed E-state index contributed by atoms with van der Waals surface area (Å²) in [6.45, 7) is 0. The number of benzene rings is 3. The van der Waals surface area contributed by atoms with E-state index < -0.39 is 23.4 Å². The number of methoxy groups -OCH3 is 2. The van der Waals surface area contributed by atoms with Gasteiger partial charge >= 0.3 is 0 Å². The molecule has 1 aromatic heterocycles. The maximum atomic E-state index is 14.8. The molecule has 3 aromatic carbocycles. The Hall–Kier alpha value is -4.20. The number of anilines is 1. The first-order chi connectivity index (χ1) is 19.9. The number of thiophene rings is 1. The Bertz CT molecular complexity index is 1740. The molecule has 41 heavy (non-hydrogen) atoms. The first kappa shape index (κ1) is 25.7. The predicted molar refractivity (Wildman–Crippen MR) is 159 cm³/mol. The molecule has 1 spiro atoms. The van der Waals surface area contributed by atoms with Crippen LogP contribution in [-0.4, -0.2) is 43.7 Å². The van der Waals surface area contributed by atoms with Crippen LogP contribution in [0.3, 0.4) is 0 Å². The van der Waals surface area contributed by atoms with E-state index in [0.717, 1.165) is 11.3 Å². The SMILES string of the molecule is COc1ccc(OC)c([C@H]2[C@H](C(=O)c3cccs3)N3c4ccc(Cl)cc4C=C[C@@H]3C23C(=O)c2ccccc2C3=O)c1. The molecule has 6 nitrogen and oxygen atoms in total. The van der Waals surface area contributed by atoms with Crippen LogP contribution in [0.25, 0.3) is 6.08 Å². The summed E-state index contributed by atoms with van der Waals surface area (Å²) in [4.78, 5) is 46.6. The Morgan fingerprint density at radius 3 is 2.34 bits per heavy atom. The zero-order valence-corrected chi connectivity index (χ0v) is 23.7. The van der Waals surface area contributed by atoms with E-state index in [2.05, 4.69) is 0 Å². The summed E-state index contributed by atoms with van der Waals surface area (Å²) in [6.07, 6.45) is 3.77. The highest BCUT2D eigenvalue weighted by atomic mass is 35.5. The maximum Gasteiger partial charge on any atom is 0.195 e. The van der Waals surface area contributed by atoms with Crippen molar-refractivity contribution >= 4 is 52.1 Å². The largest absolute Gasteiger partial charge is 0.497 e. The number of carbonyl (C=O) groups excluding carboxylic acids is 3. The standard InChI is InChI=1S/C33H24ClNO5S/c1-39-20-11-13-25(40-2)23(17-20)28-29(30(36)26-8-5-15-41-26)35-24-12-10-19(34)16-18(24)9-14-27(35)33(28)31(37)21-6-3-4-7-22(21)32(33)38/h3-17,27-29H,1-2H3/t27-,28+,29-/m1/s1. The van der Waals surface area contributed by atoms with Gasteiger partial charge in [0.05, 0.1) is 25.1 Å². The van der Waals surface area contributed by atoms with Crippen molar-refractivity contribution < 1.29 is 23.9 Å². The molecule has 0 saturated carbocycles. The fourth-order valence-corrected chi connectivity index (χ4v) is 7.82. The molecule has 4 aromatic rings. The van der Waals surface area contributed by atoms with Crippen molar-refractivity contribution in [1.29, 1.82) is 0 Å². The minimum Gasteiger partial charge on any atom is -0.497 e. The molecule has 0 bridgehead atoms. The number of halogens is 1. The van der Waals surface area contributed by atoms with Crippen LogP contribution in [-0.2, 0) is 0 Å². The highest BCUT2D eigenvalue weighted by Crippen LogP contribution is 2.62. The van der Waals surface area contributed by atoms with Gasteiger partial charge in [0.1, 0.15) is 23.0 Å². The summed E-state index contributed by atoms with van der Waals surface area (Å²) < 4.78 is 11.4. The number of ether oxygens (including phenoxy) is 2. The second-order valence-electron chi connectivity index (χ2n) is 10.4. The third-order valence-corrected chi connectivity index (χ3v) is 9.69. The Balaban J connectivity index is 1.59. The van der Waals surface area contributed by atoms with Crippen molar-refractivity contribution in [2.45, 2.75) is 18.0 Å². The van der Waals surface area contributed by atoms with Crippen LogP contribution in [0.4, 0.5) is 5.69 Å². The van der Waals surface area contributed by atoms with Crippen LogP contribution in [0.2, 0.25) is 5.02 Å². The van der Waals surface area contributed by atoms with Crippen LogP contribution in [0.1, 0.15) is 47.4 Å². The number of carbonyl (C=O) groups is 3.